The molecular formula is C13H11N3O4. The van der Waals surface area contributed by atoms with Gasteiger partial charge in [-0.05, 0) is 11.6 Å². The Morgan fingerprint density at radius 1 is 1.40 bits per heavy atom. The molecule has 0 aliphatic carbocycles. The Kier molecular flexibility index (Phi) is 3.90. The van der Waals surface area contributed by atoms with E-state index in [0.29, 0.717) is 11.3 Å². The predicted octanol–water partition coefficient (Wildman–Crippen LogP) is 2.30. The van der Waals surface area contributed by atoms with Crippen molar-refractivity contribution in [3.05, 3.63) is 64.0 Å². The number of aromatic nitrogens is 1. The molecule has 2 aromatic rings. The normalized spacial score (nSPS) is 10.0. The first kappa shape index (κ1) is 13.5. The highest BCUT2D eigenvalue weighted by Crippen LogP contribution is 2.17. The number of nitro benzene ring substituents is 1. The summed E-state index contributed by atoms with van der Waals surface area (Å²) in [5.74, 6) is -1.08. The molecular weight excluding hydrogens is 262 g/mol. The van der Waals surface area contributed by atoms with Crippen molar-refractivity contribution in [2.24, 2.45) is 0 Å². The molecule has 0 radical (unpaired) electrons. The van der Waals surface area contributed by atoms with E-state index in [-0.39, 0.29) is 17.8 Å². The van der Waals surface area contributed by atoms with Gasteiger partial charge < -0.3 is 10.4 Å². The third-order valence-corrected chi connectivity index (χ3v) is 2.66. The van der Waals surface area contributed by atoms with Gasteiger partial charge in [0.15, 0.2) is 0 Å². The lowest BCUT2D eigenvalue weighted by molar-refractivity contribution is -0.384. The number of hydrogen-bond donors (Lipinski definition) is 2. The lowest BCUT2D eigenvalue weighted by Gasteiger charge is -2.08. The van der Waals surface area contributed by atoms with Crippen LogP contribution in [-0.4, -0.2) is 21.0 Å². The van der Waals surface area contributed by atoms with Crippen LogP contribution in [0.15, 0.2) is 42.7 Å². The van der Waals surface area contributed by atoms with Gasteiger partial charge in [0.1, 0.15) is 5.56 Å². The van der Waals surface area contributed by atoms with Crippen molar-refractivity contribution in [3.63, 3.8) is 0 Å². The van der Waals surface area contributed by atoms with Crippen LogP contribution in [0.5, 0.6) is 0 Å². The Labute approximate surface area is 114 Å². The molecule has 1 aromatic carbocycles. The number of nitrogens with one attached hydrogen (secondary N) is 1. The molecule has 0 saturated carbocycles. The number of carboxylic acid groups (broad SMARTS) is 1. The lowest BCUT2D eigenvalue weighted by atomic mass is 10.2. The summed E-state index contributed by atoms with van der Waals surface area (Å²) >= 11 is 0. The van der Waals surface area contributed by atoms with Crippen LogP contribution in [0.4, 0.5) is 11.4 Å². The second kappa shape index (κ2) is 5.79. The van der Waals surface area contributed by atoms with Crippen LogP contribution in [0.25, 0.3) is 0 Å². The fraction of sp³-hybridized carbons (Fsp3) is 0.0769. The van der Waals surface area contributed by atoms with E-state index < -0.39 is 10.9 Å². The summed E-state index contributed by atoms with van der Waals surface area (Å²) in [5.41, 5.74) is 1.15. The quantitative estimate of drug-likeness (QED) is 0.639. The molecule has 7 heteroatoms. The van der Waals surface area contributed by atoms with Gasteiger partial charge in [-0.25, -0.2) is 4.79 Å². The van der Waals surface area contributed by atoms with Gasteiger partial charge in [0.05, 0.1) is 10.6 Å². The third-order valence-electron chi connectivity index (χ3n) is 2.66. The zero-order chi connectivity index (χ0) is 14.5. The molecule has 0 spiro atoms. The van der Waals surface area contributed by atoms with E-state index in [1.165, 1.54) is 24.5 Å². The standard InChI is InChI=1S/C13H11N3O4/c17-13(18)11-8-14-5-4-12(11)15-7-9-2-1-3-10(6-9)16(19)20/h1-6,8H,7H2,(H,14,15)(H,17,18). The van der Waals surface area contributed by atoms with Crippen LogP contribution in [-0.2, 0) is 6.54 Å². The first-order valence-electron chi connectivity index (χ1n) is 5.72. The van der Waals surface area contributed by atoms with Gasteiger partial charge in [-0.1, -0.05) is 12.1 Å². The molecule has 1 heterocycles. The maximum Gasteiger partial charge on any atom is 0.339 e. The first-order chi connectivity index (χ1) is 9.58. The fourth-order valence-electron chi connectivity index (χ4n) is 1.70. The van der Waals surface area contributed by atoms with E-state index in [4.69, 9.17) is 5.11 Å². The van der Waals surface area contributed by atoms with Crippen molar-refractivity contribution in [2.45, 2.75) is 6.54 Å². The zero-order valence-electron chi connectivity index (χ0n) is 10.3. The molecule has 7 nitrogen and oxygen atoms in total. The van der Waals surface area contributed by atoms with E-state index in [2.05, 4.69) is 10.3 Å². The lowest BCUT2D eigenvalue weighted by Crippen LogP contribution is -2.07. The summed E-state index contributed by atoms with van der Waals surface area (Å²) in [6.45, 7) is 0.284. The highest BCUT2D eigenvalue weighted by atomic mass is 16.6. The Balaban J connectivity index is 2.15. The van der Waals surface area contributed by atoms with Crippen LogP contribution in [0.1, 0.15) is 15.9 Å². The second-order valence-electron chi connectivity index (χ2n) is 4.01. The third kappa shape index (κ3) is 3.08. The summed E-state index contributed by atoms with van der Waals surface area (Å²) in [7, 11) is 0. The van der Waals surface area contributed by atoms with Crippen LogP contribution >= 0.6 is 0 Å². The van der Waals surface area contributed by atoms with Crippen LogP contribution in [0.3, 0.4) is 0 Å². The largest absolute Gasteiger partial charge is 0.478 e. The molecule has 0 atom stereocenters. The zero-order valence-corrected chi connectivity index (χ0v) is 10.3. The van der Waals surface area contributed by atoms with E-state index in [1.54, 1.807) is 18.2 Å². The summed E-state index contributed by atoms with van der Waals surface area (Å²) in [5, 5.41) is 22.6. The molecule has 102 valence electrons. The van der Waals surface area contributed by atoms with Crippen LogP contribution in [0, 0.1) is 10.1 Å². The van der Waals surface area contributed by atoms with E-state index in [0.717, 1.165) is 0 Å². The Morgan fingerprint density at radius 2 is 2.20 bits per heavy atom. The maximum absolute atomic E-state index is 11.0. The molecule has 0 bridgehead atoms. The molecule has 0 saturated heterocycles. The van der Waals surface area contributed by atoms with Gasteiger partial charge in [-0.3, -0.25) is 15.1 Å². The van der Waals surface area contributed by atoms with Crippen molar-refractivity contribution >= 4 is 17.3 Å². The van der Waals surface area contributed by atoms with Crippen LogP contribution < -0.4 is 5.32 Å². The Bertz CT molecular complexity index is 658. The summed E-state index contributed by atoms with van der Waals surface area (Å²) in [6, 6.07) is 7.69. The first-order valence-corrected chi connectivity index (χ1v) is 5.72. The molecule has 0 amide bonds. The molecule has 20 heavy (non-hydrogen) atoms. The Hall–Kier alpha value is -2.96. The molecule has 0 aliphatic heterocycles. The van der Waals surface area contributed by atoms with E-state index >= 15 is 0 Å². The fourth-order valence-corrected chi connectivity index (χ4v) is 1.70. The van der Waals surface area contributed by atoms with Crippen molar-refractivity contribution in [3.8, 4) is 0 Å². The van der Waals surface area contributed by atoms with Crippen molar-refractivity contribution < 1.29 is 14.8 Å². The van der Waals surface area contributed by atoms with E-state index in [1.807, 2.05) is 0 Å². The van der Waals surface area contributed by atoms with Gasteiger partial charge in [-0.2, -0.15) is 0 Å². The highest BCUT2D eigenvalue weighted by Gasteiger charge is 2.10. The average molecular weight is 273 g/mol. The topological polar surface area (TPSA) is 105 Å². The number of carbonyl (C=O) groups is 1. The molecule has 0 fully saturated rings. The summed E-state index contributed by atoms with van der Waals surface area (Å²) < 4.78 is 0. The maximum atomic E-state index is 11.0. The number of nitro groups is 1. The number of benzene rings is 1. The number of non-ortho nitro benzene ring substituents is 1. The van der Waals surface area contributed by atoms with Crippen molar-refractivity contribution in [2.75, 3.05) is 5.32 Å². The number of rotatable bonds is 5. The minimum atomic E-state index is -1.08. The van der Waals surface area contributed by atoms with Crippen molar-refractivity contribution in [1.29, 1.82) is 0 Å². The van der Waals surface area contributed by atoms with Crippen LogP contribution in [0.2, 0.25) is 0 Å². The molecule has 0 aliphatic rings. The van der Waals surface area contributed by atoms with E-state index in [9.17, 15) is 14.9 Å². The monoisotopic (exact) mass is 273 g/mol. The average Bonchev–Trinajstić information content (AvgIpc) is 2.45. The SMILES string of the molecule is O=C(O)c1cnccc1NCc1cccc([N+](=O)[O-])c1. The Morgan fingerprint density at radius 3 is 2.90 bits per heavy atom. The number of pyridine rings is 1. The number of anilines is 1. The minimum absolute atomic E-state index is 0.00233. The molecule has 0 unspecified atom stereocenters. The summed E-state index contributed by atoms with van der Waals surface area (Å²) in [4.78, 5) is 25.0. The molecule has 2 rings (SSSR count). The van der Waals surface area contributed by atoms with Gasteiger partial charge in [0.2, 0.25) is 0 Å². The number of hydrogen-bond acceptors (Lipinski definition) is 5. The highest BCUT2D eigenvalue weighted by molar-refractivity contribution is 5.93. The second-order valence-corrected chi connectivity index (χ2v) is 4.01. The smallest absolute Gasteiger partial charge is 0.339 e. The molecule has 1 aromatic heterocycles. The minimum Gasteiger partial charge on any atom is -0.478 e. The number of carboxylic acids is 1. The number of aromatic carboxylic acids is 1. The van der Waals surface area contributed by atoms with Crippen molar-refractivity contribution in [1.82, 2.24) is 4.98 Å². The molecule has 2 N–H and O–H groups in total. The van der Waals surface area contributed by atoms with Gasteiger partial charge in [-0.15, -0.1) is 0 Å². The predicted molar refractivity (Wildman–Crippen MR) is 71.6 cm³/mol. The number of nitrogens with zero attached hydrogens (tertiary/aromatic N) is 2. The van der Waals surface area contributed by atoms with Gasteiger partial charge in [0, 0.05) is 31.1 Å². The summed E-state index contributed by atoms with van der Waals surface area (Å²) in [6.07, 6.45) is 2.72. The van der Waals surface area contributed by atoms with Gasteiger partial charge in [0.25, 0.3) is 5.69 Å². The van der Waals surface area contributed by atoms with Gasteiger partial charge >= 0.3 is 5.97 Å².